The molecular weight excluding hydrogens is 182 g/mol. The first-order valence-electron chi connectivity index (χ1n) is 4.73. The number of nitrogens with zero attached hydrogens (tertiary/aromatic N) is 1. The Balaban J connectivity index is 0.000000671. The van der Waals surface area contributed by atoms with Gasteiger partial charge in [0.05, 0.1) is 5.02 Å². The Morgan fingerprint density at radius 1 is 1.23 bits per heavy atom. The minimum absolute atomic E-state index is 0.501. The van der Waals surface area contributed by atoms with Gasteiger partial charge in [0.25, 0.3) is 0 Å². The van der Waals surface area contributed by atoms with Crippen molar-refractivity contribution in [2.45, 2.75) is 40.5 Å². The summed E-state index contributed by atoms with van der Waals surface area (Å²) in [5, 5.41) is 0.760. The van der Waals surface area contributed by atoms with E-state index in [-0.39, 0.29) is 0 Å². The Morgan fingerprint density at radius 3 is 2.15 bits per heavy atom. The zero-order valence-corrected chi connectivity index (χ0v) is 9.81. The van der Waals surface area contributed by atoms with Gasteiger partial charge in [-0.25, -0.2) is 0 Å². The Hall–Kier alpha value is -0.560. The fourth-order valence-corrected chi connectivity index (χ4v) is 1.26. The summed E-state index contributed by atoms with van der Waals surface area (Å²) < 4.78 is 0. The molecule has 0 saturated heterocycles. The van der Waals surface area contributed by atoms with Crippen LogP contribution < -0.4 is 0 Å². The van der Waals surface area contributed by atoms with E-state index in [1.807, 2.05) is 27.0 Å². The van der Waals surface area contributed by atoms with Gasteiger partial charge in [-0.05, 0) is 24.0 Å². The molecule has 0 spiro atoms. The van der Waals surface area contributed by atoms with Crippen LogP contribution in [0.3, 0.4) is 0 Å². The van der Waals surface area contributed by atoms with Crippen LogP contribution in [-0.4, -0.2) is 4.98 Å². The van der Waals surface area contributed by atoms with Gasteiger partial charge in [0.15, 0.2) is 0 Å². The smallest absolute Gasteiger partial charge is 0.0621 e. The van der Waals surface area contributed by atoms with Gasteiger partial charge in [-0.2, -0.15) is 0 Å². The molecule has 0 aliphatic carbocycles. The summed E-state index contributed by atoms with van der Waals surface area (Å²) in [6.07, 6.45) is 3.56. The lowest BCUT2D eigenvalue weighted by Crippen LogP contribution is -1.93. The highest BCUT2D eigenvalue weighted by Crippen LogP contribution is 2.23. The standard InChI is InChI=1S/C9H12ClN.C2H6/c1-6(2)8-4-11-5-9(10)7(8)3;1-2/h4-6H,1-3H3;1-2H3. The zero-order chi connectivity index (χ0) is 10.4. The number of rotatable bonds is 1. The molecule has 0 aliphatic rings. The van der Waals surface area contributed by atoms with Crippen LogP contribution in [0.4, 0.5) is 0 Å². The van der Waals surface area contributed by atoms with E-state index in [0.717, 1.165) is 10.6 Å². The Kier molecular flexibility index (Phi) is 5.72. The third-order valence-electron chi connectivity index (χ3n) is 1.81. The Labute approximate surface area is 86.1 Å². The summed E-state index contributed by atoms with van der Waals surface area (Å²) in [4.78, 5) is 4.03. The molecule has 0 aliphatic heterocycles. The van der Waals surface area contributed by atoms with Crippen LogP contribution in [0.1, 0.15) is 44.7 Å². The van der Waals surface area contributed by atoms with Crippen LogP contribution in [0.2, 0.25) is 5.02 Å². The minimum Gasteiger partial charge on any atom is -0.263 e. The van der Waals surface area contributed by atoms with E-state index in [4.69, 9.17) is 11.6 Å². The number of halogens is 1. The van der Waals surface area contributed by atoms with Crippen molar-refractivity contribution in [3.05, 3.63) is 28.5 Å². The second kappa shape index (κ2) is 5.98. The lowest BCUT2D eigenvalue weighted by molar-refractivity contribution is 0.847. The van der Waals surface area contributed by atoms with Gasteiger partial charge in [-0.15, -0.1) is 0 Å². The van der Waals surface area contributed by atoms with Gasteiger partial charge in [-0.3, -0.25) is 4.98 Å². The van der Waals surface area contributed by atoms with Crippen molar-refractivity contribution in [3.8, 4) is 0 Å². The van der Waals surface area contributed by atoms with Gasteiger partial charge in [0.1, 0.15) is 0 Å². The van der Waals surface area contributed by atoms with E-state index in [1.54, 1.807) is 6.20 Å². The fraction of sp³-hybridized carbons (Fsp3) is 0.545. The number of pyridine rings is 1. The van der Waals surface area contributed by atoms with Crippen LogP contribution in [-0.2, 0) is 0 Å². The van der Waals surface area contributed by atoms with Gasteiger partial charge in [0, 0.05) is 12.4 Å². The summed E-state index contributed by atoms with van der Waals surface area (Å²) in [7, 11) is 0. The second-order valence-corrected chi connectivity index (χ2v) is 3.40. The van der Waals surface area contributed by atoms with E-state index in [0.29, 0.717) is 5.92 Å². The van der Waals surface area contributed by atoms with Gasteiger partial charge >= 0.3 is 0 Å². The molecule has 0 amide bonds. The molecule has 0 fully saturated rings. The molecular formula is C11H18ClN. The lowest BCUT2D eigenvalue weighted by Gasteiger charge is -2.08. The molecule has 2 heteroatoms. The van der Waals surface area contributed by atoms with E-state index >= 15 is 0 Å². The highest BCUT2D eigenvalue weighted by Gasteiger charge is 2.05. The van der Waals surface area contributed by atoms with Crippen molar-refractivity contribution >= 4 is 11.6 Å². The maximum Gasteiger partial charge on any atom is 0.0621 e. The predicted octanol–water partition coefficient (Wildman–Crippen LogP) is 4.19. The molecule has 74 valence electrons. The maximum absolute atomic E-state index is 5.90. The van der Waals surface area contributed by atoms with Gasteiger partial charge in [-0.1, -0.05) is 39.3 Å². The van der Waals surface area contributed by atoms with Gasteiger partial charge < -0.3 is 0 Å². The molecule has 13 heavy (non-hydrogen) atoms. The van der Waals surface area contributed by atoms with Crippen molar-refractivity contribution in [1.82, 2.24) is 4.98 Å². The molecule has 1 heterocycles. The maximum atomic E-state index is 5.90. The molecule has 0 aromatic carbocycles. The van der Waals surface area contributed by atoms with Crippen molar-refractivity contribution < 1.29 is 0 Å². The van der Waals surface area contributed by atoms with Crippen molar-refractivity contribution in [1.29, 1.82) is 0 Å². The molecule has 0 saturated carbocycles. The predicted molar refractivity (Wildman–Crippen MR) is 59.4 cm³/mol. The molecule has 1 rings (SSSR count). The summed E-state index contributed by atoms with van der Waals surface area (Å²) >= 11 is 5.90. The molecule has 0 unspecified atom stereocenters. The number of hydrogen-bond acceptors (Lipinski definition) is 1. The highest BCUT2D eigenvalue weighted by atomic mass is 35.5. The molecule has 0 bridgehead atoms. The van der Waals surface area contributed by atoms with E-state index in [2.05, 4.69) is 18.8 Å². The molecule has 1 aromatic heterocycles. The monoisotopic (exact) mass is 199 g/mol. The first-order chi connectivity index (χ1) is 6.13. The Morgan fingerprint density at radius 2 is 1.77 bits per heavy atom. The average molecular weight is 200 g/mol. The van der Waals surface area contributed by atoms with Crippen molar-refractivity contribution in [2.75, 3.05) is 0 Å². The first kappa shape index (κ1) is 12.4. The zero-order valence-electron chi connectivity index (χ0n) is 9.06. The number of hydrogen-bond donors (Lipinski definition) is 0. The third kappa shape index (κ3) is 3.35. The van der Waals surface area contributed by atoms with E-state index in [9.17, 15) is 0 Å². The van der Waals surface area contributed by atoms with E-state index in [1.165, 1.54) is 5.56 Å². The number of aromatic nitrogens is 1. The summed E-state index contributed by atoms with van der Waals surface area (Å²) in [5.41, 5.74) is 2.38. The topological polar surface area (TPSA) is 12.9 Å². The normalized spacial score (nSPS) is 9.46. The van der Waals surface area contributed by atoms with Crippen LogP contribution in [0.25, 0.3) is 0 Å². The SMILES string of the molecule is CC.Cc1c(Cl)cncc1C(C)C. The third-order valence-corrected chi connectivity index (χ3v) is 2.20. The largest absolute Gasteiger partial charge is 0.263 e. The average Bonchev–Trinajstić information content (AvgIpc) is 2.13. The van der Waals surface area contributed by atoms with Crippen LogP contribution in [0, 0.1) is 6.92 Å². The summed E-state index contributed by atoms with van der Waals surface area (Å²) in [5.74, 6) is 0.501. The Bertz CT molecular complexity index is 256. The van der Waals surface area contributed by atoms with Gasteiger partial charge in [0.2, 0.25) is 0 Å². The lowest BCUT2D eigenvalue weighted by atomic mass is 10.0. The van der Waals surface area contributed by atoms with Crippen molar-refractivity contribution in [3.63, 3.8) is 0 Å². The highest BCUT2D eigenvalue weighted by molar-refractivity contribution is 6.31. The summed E-state index contributed by atoms with van der Waals surface area (Å²) in [6.45, 7) is 10.3. The molecule has 0 atom stereocenters. The molecule has 0 radical (unpaired) electrons. The second-order valence-electron chi connectivity index (χ2n) is 2.99. The minimum atomic E-state index is 0.501. The molecule has 1 nitrogen and oxygen atoms in total. The van der Waals surface area contributed by atoms with E-state index < -0.39 is 0 Å². The first-order valence-corrected chi connectivity index (χ1v) is 5.10. The molecule has 0 N–H and O–H groups in total. The van der Waals surface area contributed by atoms with Crippen molar-refractivity contribution in [2.24, 2.45) is 0 Å². The van der Waals surface area contributed by atoms with Crippen LogP contribution in [0.5, 0.6) is 0 Å². The van der Waals surface area contributed by atoms with Crippen LogP contribution in [0.15, 0.2) is 12.4 Å². The molecule has 1 aromatic rings. The fourth-order valence-electron chi connectivity index (χ4n) is 1.10. The van der Waals surface area contributed by atoms with Crippen LogP contribution >= 0.6 is 11.6 Å². The quantitative estimate of drug-likeness (QED) is 0.661. The summed E-state index contributed by atoms with van der Waals surface area (Å²) in [6, 6.07) is 0.